The number of aromatic nitrogens is 4. The van der Waals surface area contributed by atoms with E-state index in [9.17, 15) is 9.18 Å². The molecule has 1 aliphatic rings. The van der Waals surface area contributed by atoms with Crippen LogP contribution >= 0.6 is 0 Å². The Kier molecular flexibility index (Phi) is 5.96. The molecule has 7 nitrogen and oxygen atoms in total. The molecule has 1 amide bonds. The lowest BCUT2D eigenvalue weighted by Crippen LogP contribution is -2.43. The fraction of sp³-hybridized carbons (Fsp3) is 0.308. The van der Waals surface area contributed by atoms with Crippen molar-refractivity contribution >= 4 is 22.6 Å². The molecule has 1 aliphatic heterocycles. The molecule has 0 unspecified atom stereocenters. The molecule has 5 rings (SSSR count). The van der Waals surface area contributed by atoms with Gasteiger partial charge in [-0.3, -0.25) is 4.79 Å². The molecule has 34 heavy (non-hydrogen) atoms. The maximum absolute atomic E-state index is 13.4. The highest BCUT2D eigenvalue weighted by atomic mass is 19.1. The fourth-order valence-corrected chi connectivity index (χ4v) is 4.71. The molecule has 1 saturated heterocycles. The molecule has 1 N–H and O–H groups in total. The number of fused-ring (bicyclic) bond motifs is 1. The van der Waals surface area contributed by atoms with E-state index in [0.29, 0.717) is 18.9 Å². The number of aryl methyl sites for hydroxylation is 2. The summed E-state index contributed by atoms with van der Waals surface area (Å²) in [5.41, 5.74) is 4.37. The summed E-state index contributed by atoms with van der Waals surface area (Å²) >= 11 is 0. The van der Waals surface area contributed by atoms with Crippen LogP contribution in [-0.4, -0.2) is 39.0 Å². The van der Waals surface area contributed by atoms with Crippen LogP contribution in [0.4, 0.5) is 10.2 Å². The van der Waals surface area contributed by atoms with Crippen LogP contribution in [0.1, 0.15) is 29.8 Å². The second kappa shape index (κ2) is 9.21. The van der Waals surface area contributed by atoms with E-state index in [1.54, 1.807) is 12.1 Å². The number of carbonyl (C=O) groups excluding carboxylic acids is 1. The second-order valence-electron chi connectivity index (χ2n) is 8.80. The third-order valence-electron chi connectivity index (χ3n) is 6.43. The molecule has 2 aromatic heterocycles. The molecule has 8 heteroatoms. The average molecular weight is 459 g/mol. The molecule has 0 bridgehead atoms. The number of piperidine rings is 1. The average Bonchev–Trinajstić information content (AvgIpc) is 3.21. The van der Waals surface area contributed by atoms with Crippen molar-refractivity contribution < 1.29 is 9.18 Å². The van der Waals surface area contributed by atoms with E-state index in [1.165, 1.54) is 12.1 Å². The first kappa shape index (κ1) is 22.0. The molecule has 1 fully saturated rings. The van der Waals surface area contributed by atoms with Gasteiger partial charge < -0.3 is 10.2 Å². The minimum Gasteiger partial charge on any atom is -0.352 e. The van der Waals surface area contributed by atoms with Crippen LogP contribution < -0.4 is 10.2 Å². The molecule has 1 atom stereocenters. The van der Waals surface area contributed by atoms with Crippen LogP contribution in [0.15, 0.2) is 54.6 Å². The Balaban J connectivity index is 1.39. The van der Waals surface area contributed by atoms with Crippen molar-refractivity contribution in [2.45, 2.75) is 33.2 Å². The molecule has 0 spiro atoms. The smallest absolute Gasteiger partial charge is 0.225 e. The van der Waals surface area contributed by atoms with Crippen LogP contribution in [0.3, 0.4) is 0 Å². The van der Waals surface area contributed by atoms with Crippen LogP contribution in [-0.2, 0) is 11.3 Å². The third kappa shape index (κ3) is 4.23. The number of rotatable bonds is 5. The minimum absolute atomic E-state index is 0.0312. The molecular weight excluding hydrogens is 431 g/mol. The highest BCUT2D eigenvalue weighted by molar-refractivity contribution is 5.92. The van der Waals surface area contributed by atoms with Crippen LogP contribution in [0, 0.1) is 25.6 Å². The van der Waals surface area contributed by atoms with E-state index in [2.05, 4.69) is 20.4 Å². The summed E-state index contributed by atoms with van der Waals surface area (Å²) in [7, 11) is 0. The quantitative estimate of drug-likeness (QED) is 0.487. The van der Waals surface area contributed by atoms with Gasteiger partial charge in [-0.1, -0.05) is 30.3 Å². The highest BCUT2D eigenvalue weighted by Crippen LogP contribution is 2.31. The molecule has 4 aromatic rings. The zero-order valence-electron chi connectivity index (χ0n) is 19.3. The summed E-state index contributed by atoms with van der Waals surface area (Å²) < 4.78 is 15.4. The maximum Gasteiger partial charge on any atom is 0.225 e. The van der Waals surface area contributed by atoms with Crippen LogP contribution in [0.2, 0.25) is 0 Å². The number of amides is 1. The van der Waals surface area contributed by atoms with Gasteiger partial charge in [-0.25, -0.2) is 9.07 Å². The lowest BCUT2D eigenvalue weighted by Gasteiger charge is -2.32. The topological polar surface area (TPSA) is 75.9 Å². The van der Waals surface area contributed by atoms with Gasteiger partial charge in [0.25, 0.3) is 0 Å². The monoisotopic (exact) mass is 458 g/mol. The van der Waals surface area contributed by atoms with Crippen molar-refractivity contribution in [3.8, 4) is 5.69 Å². The molecule has 174 valence electrons. The van der Waals surface area contributed by atoms with E-state index in [0.717, 1.165) is 52.9 Å². The van der Waals surface area contributed by atoms with Gasteiger partial charge in [-0.05, 0) is 56.5 Å². The molecule has 0 radical (unpaired) electrons. The van der Waals surface area contributed by atoms with Gasteiger partial charge in [-0.15, -0.1) is 5.10 Å². The summed E-state index contributed by atoms with van der Waals surface area (Å²) in [5.74, 6) is 0.192. The summed E-state index contributed by atoms with van der Waals surface area (Å²) in [6.07, 6.45) is 1.67. The first-order valence-electron chi connectivity index (χ1n) is 11.6. The Hall–Kier alpha value is -3.81. The molecule has 2 aromatic carbocycles. The van der Waals surface area contributed by atoms with E-state index in [-0.39, 0.29) is 17.6 Å². The number of benzene rings is 2. The number of para-hydroxylation sites is 1. The van der Waals surface area contributed by atoms with E-state index in [1.807, 2.05) is 48.9 Å². The number of nitrogens with one attached hydrogen (secondary N) is 1. The number of anilines is 1. The fourth-order valence-electron chi connectivity index (χ4n) is 4.71. The van der Waals surface area contributed by atoms with Gasteiger partial charge in [-0.2, -0.15) is 10.2 Å². The zero-order valence-corrected chi connectivity index (χ0v) is 19.3. The van der Waals surface area contributed by atoms with Crippen molar-refractivity contribution in [1.82, 2.24) is 25.3 Å². The lowest BCUT2D eigenvalue weighted by molar-refractivity contribution is -0.125. The summed E-state index contributed by atoms with van der Waals surface area (Å²) in [4.78, 5) is 15.0. The number of carbonyl (C=O) groups is 1. The first-order valence-corrected chi connectivity index (χ1v) is 11.6. The number of hydrogen-bond acceptors (Lipinski definition) is 5. The summed E-state index contributed by atoms with van der Waals surface area (Å²) in [6.45, 7) is 5.63. The van der Waals surface area contributed by atoms with E-state index in [4.69, 9.17) is 5.10 Å². The standard InChI is InChI=1S/C26H27FN6O/c1-17-23-18(2)33(22-11-4-3-5-12-22)31-24(23)25(30-29-17)32-13-7-9-20(16-32)26(34)28-15-19-8-6-10-21(27)14-19/h3-6,8,10-12,14,20H,7,9,13,15-16H2,1-2H3,(H,28,34)/t20-/m0/s1. The predicted molar refractivity (Wildman–Crippen MR) is 129 cm³/mol. The second-order valence-corrected chi connectivity index (χ2v) is 8.80. The van der Waals surface area contributed by atoms with Crippen molar-refractivity contribution in [1.29, 1.82) is 0 Å². The number of hydrogen-bond donors (Lipinski definition) is 1. The molecule has 0 saturated carbocycles. The van der Waals surface area contributed by atoms with Gasteiger partial charge >= 0.3 is 0 Å². The molecule has 0 aliphatic carbocycles. The Morgan fingerprint density at radius 1 is 1.12 bits per heavy atom. The van der Waals surface area contributed by atoms with Gasteiger partial charge in [0.05, 0.1) is 28.4 Å². The minimum atomic E-state index is -0.303. The van der Waals surface area contributed by atoms with Crippen molar-refractivity contribution in [3.05, 3.63) is 77.4 Å². The van der Waals surface area contributed by atoms with E-state index < -0.39 is 0 Å². The summed E-state index contributed by atoms with van der Waals surface area (Å²) in [6, 6.07) is 16.3. The normalized spacial score (nSPS) is 16.1. The van der Waals surface area contributed by atoms with E-state index >= 15 is 0 Å². The van der Waals surface area contributed by atoms with Gasteiger partial charge in [0.15, 0.2) is 5.82 Å². The van der Waals surface area contributed by atoms with Crippen molar-refractivity contribution in [3.63, 3.8) is 0 Å². The Morgan fingerprint density at radius 3 is 2.74 bits per heavy atom. The van der Waals surface area contributed by atoms with Gasteiger partial charge in [0.1, 0.15) is 11.3 Å². The van der Waals surface area contributed by atoms with Gasteiger partial charge in [0, 0.05) is 19.6 Å². The SMILES string of the molecule is Cc1nnc(N2CCC[C@H](C(=O)NCc3cccc(F)c3)C2)c2nn(-c3ccccc3)c(C)c12. The van der Waals surface area contributed by atoms with Crippen molar-refractivity contribution in [2.75, 3.05) is 18.0 Å². The Labute approximate surface area is 197 Å². The number of nitrogens with zero attached hydrogens (tertiary/aromatic N) is 5. The van der Waals surface area contributed by atoms with Crippen LogP contribution in [0.5, 0.6) is 0 Å². The molecular formula is C26H27FN6O. The Bertz CT molecular complexity index is 1340. The molecule has 3 heterocycles. The van der Waals surface area contributed by atoms with Crippen LogP contribution in [0.25, 0.3) is 16.6 Å². The van der Waals surface area contributed by atoms with Crippen molar-refractivity contribution in [2.24, 2.45) is 5.92 Å². The summed E-state index contributed by atoms with van der Waals surface area (Å²) in [5, 5.41) is 17.8. The lowest BCUT2D eigenvalue weighted by atomic mass is 9.97. The predicted octanol–water partition coefficient (Wildman–Crippen LogP) is 4.10. The Morgan fingerprint density at radius 2 is 1.94 bits per heavy atom. The first-order chi connectivity index (χ1) is 16.5. The number of halogens is 1. The maximum atomic E-state index is 13.4. The third-order valence-corrected chi connectivity index (χ3v) is 6.43. The largest absolute Gasteiger partial charge is 0.352 e. The van der Waals surface area contributed by atoms with Gasteiger partial charge in [0.2, 0.25) is 5.91 Å². The zero-order chi connectivity index (χ0) is 23.7. The highest BCUT2D eigenvalue weighted by Gasteiger charge is 2.29.